The van der Waals surface area contributed by atoms with E-state index in [1.165, 1.54) is 22.2 Å². The molecular formula is C23H24N4OS2. The van der Waals surface area contributed by atoms with Crippen molar-refractivity contribution in [2.24, 2.45) is 0 Å². The summed E-state index contributed by atoms with van der Waals surface area (Å²) in [6, 6.07) is 10.4. The Morgan fingerprint density at radius 1 is 1.27 bits per heavy atom. The highest BCUT2D eigenvalue weighted by Crippen LogP contribution is 2.50. The van der Waals surface area contributed by atoms with Crippen molar-refractivity contribution in [1.82, 2.24) is 14.9 Å². The van der Waals surface area contributed by atoms with E-state index >= 15 is 0 Å². The van der Waals surface area contributed by atoms with Gasteiger partial charge in [-0.2, -0.15) is 0 Å². The molecule has 2 atom stereocenters. The SMILES string of the molecule is CCN1CCC(c2cc3c(-c4nc5cc(N)ccc5s4)ccnc3s2)C12CCOC2. The molecule has 2 aliphatic rings. The Morgan fingerprint density at radius 3 is 3.03 bits per heavy atom. The van der Waals surface area contributed by atoms with Crippen LogP contribution in [0.25, 0.3) is 31.0 Å². The van der Waals surface area contributed by atoms with E-state index in [0.29, 0.717) is 5.92 Å². The molecular weight excluding hydrogens is 412 g/mol. The quantitative estimate of drug-likeness (QED) is 0.452. The van der Waals surface area contributed by atoms with Crippen LogP contribution in [0.5, 0.6) is 0 Å². The number of rotatable bonds is 3. The number of anilines is 1. The molecule has 0 radical (unpaired) electrons. The number of likely N-dealkylation sites (N-methyl/N-ethyl adjacent to an activating group) is 1. The first-order valence-corrected chi connectivity index (χ1v) is 12.2. The third-order valence-electron chi connectivity index (χ3n) is 6.82. The van der Waals surface area contributed by atoms with Gasteiger partial charge in [0, 0.05) is 40.2 Å². The Morgan fingerprint density at radius 2 is 2.20 bits per heavy atom. The maximum Gasteiger partial charge on any atom is 0.125 e. The van der Waals surface area contributed by atoms with Gasteiger partial charge in [0.2, 0.25) is 0 Å². The van der Waals surface area contributed by atoms with Crippen LogP contribution in [0.1, 0.15) is 30.6 Å². The van der Waals surface area contributed by atoms with E-state index in [-0.39, 0.29) is 5.54 Å². The second-order valence-electron chi connectivity index (χ2n) is 8.30. The molecule has 5 heterocycles. The topological polar surface area (TPSA) is 64.3 Å². The molecule has 3 aromatic heterocycles. The van der Waals surface area contributed by atoms with Crippen molar-refractivity contribution in [3.05, 3.63) is 41.4 Å². The Kier molecular flexibility index (Phi) is 4.35. The maximum absolute atomic E-state index is 5.96. The lowest BCUT2D eigenvalue weighted by molar-refractivity contribution is 0.0963. The predicted octanol–water partition coefficient (Wildman–Crippen LogP) is 5.12. The van der Waals surface area contributed by atoms with Gasteiger partial charge >= 0.3 is 0 Å². The molecule has 0 bridgehead atoms. The van der Waals surface area contributed by atoms with E-state index in [1.54, 1.807) is 11.3 Å². The number of nitrogens with two attached hydrogens (primary N) is 1. The van der Waals surface area contributed by atoms with Gasteiger partial charge in [-0.05, 0) is 56.3 Å². The normalized spacial score (nSPS) is 24.6. The molecule has 7 heteroatoms. The van der Waals surface area contributed by atoms with Crippen molar-refractivity contribution in [1.29, 1.82) is 0 Å². The lowest BCUT2D eigenvalue weighted by atomic mass is 9.82. The summed E-state index contributed by atoms with van der Waals surface area (Å²) in [4.78, 5) is 14.8. The summed E-state index contributed by atoms with van der Waals surface area (Å²) in [5, 5.41) is 2.25. The standard InChI is InChI=1S/C23H24N4OS2/c1-2-27-9-6-17(23(27)7-10-28-13-23)20-12-16-15(5-8-25-21(16)30-20)22-26-18-11-14(24)3-4-19(18)29-22/h3-5,8,11-12,17H,2,6-7,9-10,13,24H2,1H3. The molecule has 1 aromatic carbocycles. The van der Waals surface area contributed by atoms with Crippen molar-refractivity contribution in [2.75, 3.05) is 32.0 Å². The van der Waals surface area contributed by atoms with Gasteiger partial charge in [0.15, 0.2) is 0 Å². The Bertz CT molecular complexity index is 1240. The van der Waals surface area contributed by atoms with E-state index in [0.717, 1.165) is 58.5 Å². The van der Waals surface area contributed by atoms with Gasteiger partial charge in [-0.3, -0.25) is 4.90 Å². The van der Waals surface area contributed by atoms with Crippen LogP contribution < -0.4 is 5.73 Å². The van der Waals surface area contributed by atoms with Crippen molar-refractivity contribution < 1.29 is 4.74 Å². The molecule has 4 aromatic rings. The molecule has 30 heavy (non-hydrogen) atoms. The van der Waals surface area contributed by atoms with Crippen molar-refractivity contribution in [3.8, 4) is 10.6 Å². The summed E-state index contributed by atoms with van der Waals surface area (Å²) in [7, 11) is 0. The molecule has 2 fully saturated rings. The fraction of sp³-hybridized carbons (Fsp3) is 0.391. The van der Waals surface area contributed by atoms with Gasteiger partial charge in [0.1, 0.15) is 9.84 Å². The first-order valence-electron chi connectivity index (χ1n) is 10.6. The molecule has 2 saturated heterocycles. The Balaban J connectivity index is 1.46. The zero-order valence-corrected chi connectivity index (χ0v) is 18.6. The highest BCUT2D eigenvalue weighted by atomic mass is 32.1. The van der Waals surface area contributed by atoms with Gasteiger partial charge in [0.05, 0.1) is 22.4 Å². The number of ether oxygens (including phenoxy) is 1. The van der Waals surface area contributed by atoms with Gasteiger partial charge in [-0.25, -0.2) is 9.97 Å². The third kappa shape index (κ3) is 2.73. The Hall–Kier alpha value is -2.06. The Labute approximate surface area is 183 Å². The number of thiazole rings is 1. The lowest BCUT2D eigenvalue weighted by Crippen LogP contribution is -2.47. The van der Waals surface area contributed by atoms with E-state index in [9.17, 15) is 0 Å². The van der Waals surface area contributed by atoms with Crippen LogP contribution in [0.15, 0.2) is 36.5 Å². The summed E-state index contributed by atoms with van der Waals surface area (Å²) < 4.78 is 7.07. The van der Waals surface area contributed by atoms with Crippen LogP contribution in [0, 0.1) is 0 Å². The molecule has 1 spiro atoms. The summed E-state index contributed by atoms with van der Waals surface area (Å²) >= 11 is 3.57. The summed E-state index contributed by atoms with van der Waals surface area (Å²) in [6.45, 7) is 6.23. The molecule has 5 nitrogen and oxygen atoms in total. The zero-order valence-electron chi connectivity index (χ0n) is 16.9. The number of aromatic nitrogens is 2. The zero-order chi connectivity index (χ0) is 20.3. The molecule has 6 rings (SSSR count). The molecule has 0 aliphatic carbocycles. The second-order valence-corrected chi connectivity index (χ2v) is 10.4. The monoisotopic (exact) mass is 436 g/mol. The molecule has 2 unspecified atom stereocenters. The highest BCUT2D eigenvalue weighted by Gasteiger charge is 2.51. The van der Waals surface area contributed by atoms with Crippen molar-refractivity contribution in [3.63, 3.8) is 0 Å². The first kappa shape index (κ1) is 18.7. The molecule has 154 valence electrons. The average Bonchev–Trinajstić information content (AvgIpc) is 3.53. The number of hydrogen-bond donors (Lipinski definition) is 1. The minimum absolute atomic E-state index is 0.156. The number of thiophene rings is 1. The van der Waals surface area contributed by atoms with Crippen molar-refractivity contribution in [2.45, 2.75) is 31.2 Å². The first-order chi connectivity index (χ1) is 14.7. The number of nitrogen functional groups attached to an aromatic ring is 1. The molecule has 2 aliphatic heterocycles. The predicted molar refractivity (Wildman–Crippen MR) is 125 cm³/mol. The second kappa shape index (κ2) is 6.99. The number of likely N-dealkylation sites (tertiary alicyclic amines) is 1. The number of benzene rings is 1. The van der Waals surface area contributed by atoms with Gasteiger partial charge < -0.3 is 10.5 Å². The fourth-order valence-electron chi connectivity index (χ4n) is 5.35. The van der Waals surface area contributed by atoms with Crippen LogP contribution >= 0.6 is 22.7 Å². The third-order valence-corrected chi connectivity index (χ3v) is 9.05. The molecule has 2 N–H and O–H groups in total. The van der Waals surface area contributed by atoms with Gasteiger partial charge in [-0.15, -0.1) is 22.7 Å². The summed E-state index contributed by atoms with van der Waals surface area (Å²) in [5.41, 5.74) is 9.00. The number of hydrogen-bond acceptors (Lipinski definition) is 7. The van der Waals surface area contributed by atoms with Gasteiger partial charge in [0.25, 0.3) is 0 Å². The maximum atomic E-state index is 5.96. The van der Waals surface area contributed by atoms with Crippen LogP contribution in [0.2, 0.25) is 0 Å². The average molecular weight is 437 g/mol. The van der Waals surface area contributed by atoms with Gasteiger partial charge in [-0.1, -0.05) is 6.92 Å². The lowest BCUT2D eigenvalue weighted by Gasteiger charge is -2.37. The van der Waals surface area contributed by atoms with Crippen LogP contribution in [0.3, 0.4) is 0 Å². The minimum Gasteiger partial charge on any atom is -0.399 e. The van der Waals surface area contributed by atoms with Crippen LogP contribution in [0.4, 0.5) is 5.69 Å². The highest BCUT2D eigenvalue weighted by molar-refractivity contribution is 7.22. The van der Waals surface area contributed by atoms with E-state index in [1.807, 2.05) is 29.7 Å². The minimum atomic E-state index is 0.156. The molecule has 0 amide bonds. The van der Waals surface area contributed by atoms with E-state index in [2.05, 4.69) is 30.0 Å². The summed E-state index contributed by atoms with van der Waals surface area (Å²) in [6.07, 6.45) is 4.24. The summed E-state index contributed by atoms with van der Waals surface area (Å²) in [5.74, 6) is 0.516. The largest absolute Gasteiger partial charge is 0.399 e. The van der Waals surface area contributed by atoms with Crippen molar-refractivity contribution >= 4 is 48.8 Å². The number of nitrogens with zero attached hydrogens (tertiary/aromatic N) is 3. The number of fused-ring (bicyclic) bond motifs is 2. The fourth-order valence-corrected chi connectivity index (χ4v) is 7.60. The van der Waals surface area contributed by atoms with E-state index in [4.69, 9.17) is 20.4 Å². The molecule has 0 saturated carbocycles. The smallest absolute Gasteiger partial charge is 0.125 e. The van der Waals surface area contributed by atoms with Crippen LogP contribution in [-0.2, 0) is 4.74 Å². The van der Waals surface area contributed by atoms with E-state index < -0.39 is 0 Å². The van der Waals surface area contributed by atoms with Crippen LogP contribution in [-0.4, -0.2) is 46.7 Å². The number of pyridine rings is 1.